The Morgan fingerprint density at radius 1 is 1.38 bits per heavy atom. The van der Waals surface area contributed by atoms with Crippen LogP contribution in [0.1, 0.15) is 6.92 Å². The number of halogens is 1. The van der Waals surface area contributed by atoms with Crippen molar-refractivity contribution in [1.82, 2.24) is 15.2 Å². The molecule has 21 heavy (non-hydrogen) atoms. The van der Waals surface area contributed by atoms with Crippen LogP contribution in [0.25, 0.3) is 10.2 Å². The van der Waals surface area contributed by atoms with Gasteiger partial charge in [0.1, 0.15) is 0 Å². The highest BCUT2D eigenvalue weighted by molar-refractivity contribution is 7.80. The molecule has 0 atom stereocenters. The molecule has 4 nitrogen and oxygen atoms in total. The summed E-state index contributed by atoms with van der Waals surface area (Å²) in [5, 5.41) is 5.90. The zero-order valence-electron chi connectivity index (χ0n) is 11.8. The SMILES string of the molecule is CCNC(=S)N1CCN(c2nc3ccc(Cl)cc3s2)CC1. The normalized spacial score (nSPS) is 15.5. The molecule has 1 aromatic heterocycles. The molecular weight excluding hydrogens is 324 g/mol. The lowest BCUT2D eigenvalue weighted by Gasteiger charge is -2.35. The van der Waals surface area contributed by atoms with E-state index in [4.69, 9.17) is 28.8 Å². The maximum absolute atomic E-state index is 6.03. The fourth-order valence-corrected chi connectivity index (χ4v) is 4.01. The standard InChI is InChI=1S/C14H17ClN4S2/c1-2-16-13(20)18-5-7-19(8-6-18)14-17-11-4-3-10(15)9-12(11)21-14/h3-4,9H,2,5-8H2,1H3,(H,16,20). The predicted octanol–water partition coefficient (Wildman–Crippen LogP) is 2.97. The van der Waals surface area contributed by atoms with E-state index >= 15 is 0 Å². The van der Waals surface area contributed by atoms with Crippen molar-refractivity contribution >= 4 is 55.6 Å². The molecule has 0 spiro atoms. The van der Waals surface area contributed by atoms with Gasteiger partial charge in [-0.05, 0) is 37.3 Å². The summed E-state index contributed by atoms with van der Waals surface area (Å²) in [4.78, 5) is 9.25. The van der Waals surface area contributed by atoms with Crippen molar-refractivity contribution in [2.75, 3.05) is 37.6 Å². The molecule has 0 radical (unpaired) electrons. The van der Waals surface area contributed by atoms with Gasteiger partial charge in [0.15, 0.2) is 10.2 Å². The van der Waals surface area contributed by atoms with Crippen LogP contribution >= 0.6 is 35.2 Å². The fourth-order valence-electron chi connectivity index (χ4n) is 2.39. The van der Waals surface area contributed by atoms with E-state index in [2.05, 4.69) is 22.0 Å². The van der Waals surface area contributed by atoms with Crippen LogP contribution in [0.4, 0.5) is 5.13 Å². The number of aromatic nitrogens is 1. The average Bonchev–Trinajstić information content (AvgIpc) is 2.90. The summed E-state index contributed by atoms with van der Waals surface area (Å²) in [7, 11) is 0. The summed E-state index contributed by atoms with van der Waals surface area (Å²) in [5.41, 5.74) is 1.02. The van der Waals surface area contributed by atoms with Crippen molar-refractivity contribution in [3.8, 4) is 0 Å². The van der Waals surface area contributed by atoms with Crippen LogP contribution in [0.2, 0.25) is 5.02 Å². The van der Waals surface area contributed by atoms with Crippen LogP contribution in [0, 0.1) is 0 Å². The second-order valence-corrected chi connectivity index (χ2v) is 6.75. The molecular formula is C14H17ClN4S2. The smallest absolute Gasteiger partial charge is 0.186 e. The second kappa shape index (κ2) is 6.34. The van der Waals surface area contributed by atoms with Gasteiger partial charge in [-0.2, -0.15) is 0 Å². The van der Waals surface area contributed by atoms with E-state index in [1.54, 1.807) is 11.3 Å². The Hall–Kier alpha value is -1.11. The molecule has 1 aromatic carbocycles. The monoisotopic (exact) mass is 340 g/mol. The largest absolute Gasteiger partial charge is 0.363 e. The van der Waals surface area contributed by atoms with E-state index < -0.39 is 0 Å². The first-order valence-electron chi connectivity index (χ1n) is 7.01. The molecule has 1 saturated heterocycles. The highest BCUT2D eigenvalue weighted by atomic mass is 35.5. The molecule has 2 heterocycles. The molecule has 7 heteroatoms. The van der Waals surface area contributed by atoms with E-state index in [0.29, 0.717) is 0 Å². The van der Waals surface area contributed by atoms with E-state index in [1.165, 1.54) is 0 Å². The average molecular weight is 341 g/mol. The van der Waals surface area contributed by atoms with Crippen LogP contribution in [-0.4, -0.2) is 47.7 Å². The van der Waals surface area contributed by atoms with Gasteiger partial charge in [0, 0.05) is 37.7 Å². The number of nitrogens with one attached hydrogen (secondary N) is 1. The van der Waals surface area contributed by atoms with Crippen molar-refractivity contribution in [3.63, 3.8) is 0 Å². The minimum absolute atomic E-state index is 0.763. The lowest BCUT2D eigenvalue weighted by molar-refractivity contribution is 0.381. The number of rotatable bonds is 2. The van der Waals surface area contributed by atoms with Crippen molar-refractivity contribution in [3.05, 3.63) is 23.2 Å². The molecule has 1 aliphatic heterocycles. The Morgan fingerprint density at radius 2 is 2.14 bits per heavy atom. The van der Waals surface area contributed by atoms with Crippen molar-refractivity contribution in [1.29, 1.82) is 0 Å². The number of benzene rings is 1. The Balaban J connectivity index is 1.69. The third kappa shape index (κ3) is 3.22. The van der Waals surface area contributed by atoms with Gasteiger partial charge < -0.3 is 15.1 Å². The Bertz CT molecular complexity index is 649. The van der Waals surface area contributed by atoms with Gasteiger partial charge >= 0.3 is 0 Å². The molecule has 1 N–H and O–H groups in total. The Morgan fingerprint density at radius 3 is 2.86 bits per heavy atom. The Labute approximate surface area is 138 Å². The Kier molecular flexibility index (Phi) is 4.47. The van der Waals surface area contributed by atoms with Crippen LogP contribution in [-0.2, 0) is 0 Å². The van der Waals surface area contributed by atoms with E-state index in [1.807, 2.05) is 18.2 Å². The lowest BCUT2D eigenvalue weighted by atomic mass is 10.3. The fraction of sp³-hybridized carbons (Fsp3) is 0.429. The number of piperazine rings is 1. The number of fused-ring (bicyclic) bond motifs is 1. The van der Waals surface area contributed by atoms with Gasteiger partial charge in [0.2, 0.25) is 0 Å². The van der Waals surface area contributed by atoms with E-state index in [9.17, 15) is 0 Å². The van der Waals surface area contributed by atoms with Crippen LogP contribution in [0.15, 0.2) is 18.2 Å². The lowest BCUT2D eigenvalue weighted by Crippen LogP contribution is -2.51. The summed E-state index contributed by atoms with van der Waals surface area (Å²) in [6, 6.07) is 5.85. The molecule has 0 amide bonds. The maximum atomic E-state index is 6.03. The van der Waals surface area contributed by atoms with Crippen LogP contribution < -0.4 is 10.2 Å². The zero-order valence-corrected chi connectivity index (χ0v) is 14.2. The first kappa shape index (κ1) is 14.8. The maximum Gasteiger partial charge on any atom is 0.186 e. The summed E-state index contributed by atoms with van der Waals surface area (Å²) in [6.45, 7) is 6.69. The quantitative estimate of drug-likeness (QED) is 0.849. The molecule has 0 saturated carbocycles. The molecule has 0 bridgehead atoms. The molecule has 2 aromatic rings. The number of anilines is 1. The van der Waals surface area contributed by atoms with Crippen molar-refractivity contribution in [2.45, 2.75) is 6.92 Å². The van der Waals surface area contributed by atoms with Gasteiger partial charge in [-0.1, -0.05) is 22.9 Å². The first-order chi connectivity index (χ1) is 10.2. The number of hydrogen-bond acceptors (Lipinski definition) is 4. The molecule has 0 unspecified atom stereocenters. The minimum atomic E-state index is 0.763. The topological polar surface area (TPSA) is 31.4 Å². The highest BCUT2D eigenvalue weighted by Crippen LogP contribution is 2.31. The number of thiocarbonyl (C=S) groups is 1. The molecule has 3 rings (SSSR count). The second-order valence-electron chi connectivity index (χ2n) is 4.92. The molecule has 1 aliphatic rings. The highest BCUT2D eigenvalue weighted by Gasteiger charge is 2.21. The summed E-state index contributed by atoms with van der Waals surface area (Å²) >= 11 is 13.1. The summed E-state index contributed by atoms with van der Waals surface area (Å²) in [5.74, 6) is 0. The number of nitrogens with zero attached hydrogens (tertiary/aromatic N) is 3. The number of thiazole rings is 1. The van der Waals surface area contributed by atoms with Gasteiger partial charge in [0.25, 0.3) is 0 Å². The molecule has 112 valence electrons. The summed E-state index contributed by atoms with van der Waals surface area (Å²) in [6.07, 6.45) is 0. The third-order valence-electron chi connectivity index (χ3n) is 3.50. The molecule has 0 aliphatic carbocycles. The van der Waals surface area contributed by atoms with Gasteiger partial charge in [-0.3, -0.25) is 0 Å². The molecule has 1 fully saturated rings. The minimum Gasteiger partial charge on any atom is -0.363 e. The van der Waals surface area contributed by atoms with Crippen LogP contribution in [0.3, 0.4) is 0 Å². The van der Waals surface area contributed by atoms with E-state index in [-0.39, 0.29) is 0 Å². The van der Waals surface area contributed by atoms with Gasteiger partial charge in [-0.25, -0.2) is 4.98 Å². The summed E-state index contributed by atoms with van der Waals surface area (Å²) < 4.78 is 1.14. The van der Waals surface area contributed by atoms with Gasteiger partial charge in [-0.15, -0.1) is 0 Å². The zero-order chi connectivity index (χ0) is 14.8. The van der Waals surface area contributed by atoms with Crippen molar-refractivity contribution in [2.24, 2.45) is 0 Å². The predicted molar refractivity (Wildman–Crippen MR) is 94.7 cm³/mol. The van der Waals surface area contributed by atoms with Gasteiger partial charge in [0.05, 0.1) is 10.2 Å². The third-order valence-corrected chi connectivity index (χ3v) is 5.22. The van der Waals surface area contributed by atoms with Crippen LogP contribution in [0.5, 0.6) is 0 Å². The van der Waals surface area contributed by atoms with Crippen molar-refractivity contribution < 1.29 is 0 Å². The first-order valence-corrected chi connectivity index (χ1v) is 8.61. The number of hydrogen-bond donors (Lipinski definition) is 1. The van der Waals surface area contributed by atoms with E-state index in [0.717, 1.165) is 58.2 Å².